The van der Waals surface area contributed by atoms with E-state index in [1.165, 1.54) is 0 Å². The van der Waals surface area contributed by atoms with Crippen molar-refractivity contribution in [3.05, 3.63) is 0 Å². The molecule has 0 radical (unpaired) electrons. The summed E-state index contributed by atoms with van der Waals surface area (Å²) in [5.41, 5.74) is -1.11. The van der Waals surface area contributed by atoms with Crippen molar-refractivity contribution in [2.24, 2.45) is 5.41 Å². The van der Waals surface area contributed by atoms with Gasteiger partial charge in [0.25, 0.3) is 6.43 Å². The number of hydrogen-bond acceptors (Lipinski definition) is 3. The van der Waals surface area contributed by atoms with Gasteiger partial charge in [0.15, 0.2) is 0 Å². The number of carbonyl (C=O) groups is 2. The molecule has 0 atom stereocenters. The molecule has 20 heavy (non-hydrogen) atoms. The van der Waals surface area contributed by atoms with Crippen LogP contribution in [0, 0.1) is 5.41 Å². The maximum Gasteiger partial charge on any atom is 0.317 e. The third kappa shape index (κ3) is 5.28. The predicted octanol–water partition coefficient (Wildman–Crippen LogP) is 1.15. The molecule has 0 aliphatic carbocycles. The molecule has 0 saturated heterocycles. The number of carbonyl (C=O) groups excluding carboxylic acids is 1. The lowest BCUT2D eigenvalue weighted by Crippen LogP contribution is -2.49. The van der Waals surface area contributed by atoms with Gasteiger partial charge >= 0.3 is 12.0 Å². The first-order valence-electron chi connectivity index (χ1n) is 6.48. The minimum atomic E-state index is -2.71. The standard InChI is InChI=1S/C12H22F2N2O4/c1-3-12(4-2,10(18)19)8-15-11(20)16(5-6-17)7-9(13)14/h9,17H,3-8H2,1-2H3,(H,15,20)(H,18,19). The summed E-state index contributed by atoms with van der Waals surface area (Å²) in [4.78, 5) is 23.8. The Kier molecular flexibility index (Phi) is 8.05. The zero-order chi connectivity index (χ0) is 15.8. The molecule has 0 fully saturated rings. The number of halogens is 2. The molecule has 0 bridgehead atoms. The molecule has 0 unspecified atom stereocenters. The summed E-state index contributed by atoms with van der Waals surface area (Å²) < 4.78 is 24.6. The number of hydrogen-bond donors (Lipinski definition) is 3. The predicted molar refractivity (Wildman–Crippen MR) is 68.7 cm³/mol. The van der Waals surface area contributed by atoms with Gasteiger partial charge < -0.3 is 20.4 Å². The van der Waals surface area contributed by atoms with E-state index in [0.29, 0.717) is 12.8 Å². The number of rotatable bonds is 9. The lowest BCUT2D eigenvalue weighted by atomic mass is 9.82. The summed E-state index contributed by atoms with van der Waals surface area (Å²) in [5.74, 6) is -1.04. The molecular weight excluding hydrogens is 274 g/mol. The zero-order valence-electron chi connectivity index (χ0n) is 11.7. The second-order valence-corrected chi connectivity index (χ2v) is 4.51. The van der Waals surface area contributed by atoms with Gasteiger partial charge in [-0.3, -0.25) is 4.79 Å². The van der Waals surface area contributed by atoms with Gasteiger partial charge in [-0.1, -0.05) is 13.8 Å². The Morgan fingerprint density at radius 1 is 1.30 bits per heavy atom. The highest BCUT2D eigenvalue weighted by atomic mass is 19.3. The molecule has 6 nitrogen and oxygen atoms in total. The second kappa shape index (κ2) is 8.68. The minimum Gasteiger partial charge on any atom is -0.481 e. The molecular formula is C12H22F2N2O4. The number of nitrogens with one attached hydrogen (secondary N) is 1. The van der Waals surface area contributed by atoms with Crippen molar-refractivity contribution in [3.63, 3.8) is 0 Å². The largest absolute Gasteiger partial charge is 0.481 e. The maximum absolute atomic E-state index is 12.3. The molecule has 0 aliphatic rings. The molecule has 0 aromatic heterocycles. The van der Waals surface area contributed by atoms with Crippen molar-refractivity contribution in [1.82, 2.24) is 10.2 Å². The summed E-state index contributed by atoms with van der Waals surface area (Å²) in [6.07, 6.45) is -2.09. The fourth-order valence-corrected chi connectivity index (χ4v) is 1.80. The van der Waals surface area contributed by atoms with Gasteiger partial charge in [-0.05, 0) is 12.8 Å². The highest BCUT2D eigenvalue weighted by Gasteiger charge is 2.35. The van der Waals surface area contributed by atoms with E-state index < -0.39 is 37.0 Å². The quantitative estimate of drug-likeness (QED) is 0.595. The molecule has 0 heterocycles. The van der Waals surface area contributed by atoms with Crippen LogP contribution in [0.4, 0.5) is 13.6 Å². The Morgan fingerprint density at radius 3 is 2.20 bits per heavy atom. The van der Waals surface area contributed by atoms with Crippen molar-refractivity contribution in [3.8, 4) is 0 Å². The van der Waals surface area contributed by atoms with Crippen LogP contribution in [0.1, 0.15) is 26.7 Å². The first-order chi connectivity index (χ1) is 9.32. The van der Waals surface area contributed by atoms with Crippen LogP contribution in [-0.4, -0.2) is 59.8 Å². The molecule has 0 aliphatic heterocycles. The van der Waals surface area contributed by atoms with Gasteiger partial charge in [0, 0.05) is 13.1 Å². The number of alkyl halides is 2. The van der Waals surface area contributed by atoms with Crippen LogP contribution >= 0.6 is 0 Å². The normalized spacial score (nSPS) is 11.5. The van der Waals surface area contributed by atoms with Gasteiger partial charge in [-0.2, -0.15) is 0 Å². The Hall–Kier alpha value is -1.44. The van der Waals surface area contributed by atoms with Gasteiger partial charge in [0.05, 0.1) is 18.6 Å². The Balaban J connectivity index is 4.67. The smallest absolute Gasteiger partial charge is 0.317 e. The summed E-state index contributed by atoms with van der Waals surface area (Å²) in [5, 5.41) is 20.3. The Morgan fingerprint density at radius 2 is 1.85 bits per heavy atom. The lowest BCUT2D eigenvalue weighted by molar-refractivity contribution is -0.149. The first-order valence-corrected chi connectivity index (χ1v) is 6.48. The molecule has 0 aromatic rings. The third-order valence-corrected chi connectivity index (χ3v) is 3.40. The van der Waals surface area contributed by atoms with E-state index >= 15 is 0 Å². The van der Waals surface area contributed by atoms with E-state index in [1.807, 2.05) is 0 Å². The number of carboxylic acid groups (broad SMARTS) is 1. The van der Waals surface area contributed by atoms with Crippen LogP contribution in [0.15, 0.2) is 0 Å². The van der Waals surface area contributed by atoms with Crippen LogP contribution in [0.3, 0.4) is 0 Å². The number of amides is 2. The van der Waals surface area contributed by atoms with E-state index in [0.717, 1.165) is 4.90 Å². The Bertz CT molecular complexity index is 323. The fraction of sp³-hybridized carbons (Fsp3) is 0.833. The summed E-state index contributed by atoms with van der Waals surface area (Å²) >= 11 is 0. The number of urea groups is 1. The third-order valence-electron chi connectivity index (χ3n) is 3.40. The number of aliphatic carboxylic acids is 1. The SMILES string of the molecule is CCC(CC)(CNC(=O)N(CCO)CC(F)F)C(=O)O. The number of aliphatic hydroxyl groups excluding tert-OH is 1. The van der Waals surface area contributed by atoms with E-state index in [1.54, 1.807) is 13.8 Å². The van der Waals surface area contributed by atoms with Gasteiger partial charge in [-0.25, -0.2) is 13.6 Å². The minimum absolute atomic E-state index is 0.140. The molecule has 8 heteroatoms. The summed E-state index contributed by atoms with van der Waals surface area (Å²) in [6.45, 7) is 1.77. The second-order valence-electron chi connectivity index (χ2n) is 4.51. The van der Waals surface area contributed by atoms with Gasteiger partial charge in [0.2, 0.25) is 0 Å². The van der Waals surface area contributed by atoms with E-state index in [4.69, 9.17) is 5.11 Å². The molecule has 3 N–H and O–H groups in total. The molecule has 0 aromatic carbocycles. The zero-order valence-corrected chi connectivity index (χ0v) is 11.7. The molecule has 118 valence electrons. The van der Waals surface area contributed by atoms with Crippen LogP contribution in [0.25, 0.3) is 0 Å². The van der Waals surface area contributed by atoms with Crippen molar-refractivity contribution in [2.45, 2.75) is 33.1 Å². The van der Waals surface area contributed by atoms with Crippen LogP contribution in [0.2, 0.25) is 0 Å². The van der Waals surface area contributed by atoms with Crippen molar-refractivity contribution in [2.75, 3.05) is 26.2 Å². The summed E-state index contributed by atoms with van der Waals surface area (Å²) in [6, 6.07) is -0.799. The van der Waals surface area contributed by atoms with Crippen molar-refractivity contribution in [1.29, 1.82) is 0 Å². The van der Waals surface area contributed by atoms with E-state index in [2.05, 4.69) is 5.32 Å². The van der Waals surface area contributed by atoms with Crippen molar-refractivity contribution >= 4 is 12.0 Å². The van der Waals surface area contributed by atoms with Crippen LogP contribution < -0.4 is 5.32 Å². The lowest BCUT2D eigenvalue weighted by Gasteiger charge is -2.29. The highest BCUT2D eigenvalue weighted by Crippen LogP contribution is 2.25. The Labute approximate surface area is 116 Å². The molecule has 0 saturated carbocycles. The van der Waals surface area contributed by atoms with E-state index in [9.17, 15) is 23.5 Å². The molecule has 2 amide bonds. The first kappa shape index (κ1) is 18.6. The molecule has 0 rings (SSSR count). The van der Waals surface area contributed by atoms with Crippen molar-refractivity contribution < 1.29 is 28.6 Å². The van der Waals surface area contributed by atoms with Gasteiger partial charge in [0.1, 0.15) is 0 Å². The van der Waals surface area contributed by atoms with Crippen LogP contribution in [-0.2, 0) is 4.79 Å². The summed E-state index contributed by atoms with van der Waals surface area (Å²) in [7, 11) is 0. The monoisotopic (exact) mass is 296 g/mol. The van der Waals surface area contributed by atoms with Gasteiger partial charge in [-0.15, -0.1) is 0 Å². The average Bonchev–Trinajstić information content (AvgIpc) is 2.38. The number of aliphatic hydroxyl groups is 1. The topological polar surface area (TPSA) is 89.9 Å². The fourth-order valence-electron chi connectivity index (χ4n) is 1.80. The highest BCUT2D eigenvalue weighted by molar-refractivity contribution is 5.78. The molecule has 0 spiro atoms. The average molecular weight is 296 g/mol. The van der Waals surface area contributed by atoms with E-state index in [-0.39, 0.29) is 13.1 Å². The maximum atomic E-state index is 12.3. The number of carboxylic acids is 1. The van der Waals surface area contributed by atoms with Crippen LogP contribution in [0.5, 0.6) is 0 Å². The number of nitrogens with zero attached hydrogens (tertiary/aromatic N) is 1.